The zero-order valence-corrected chi connectivity index (χ0v) is 24.2. The van der Waals surface area contributed by atoms with E-state index in [1.54, 1.807) is 12.1 Å². The van der Waals surface area contributed by atoms with E-state index in [0.717, 1.165) is 36.5 Å². The van der Waals surface area contributed by atoms with Gasteiger partial charge < -0.3 is 9.84 Å². The van der Waals surface area contributed by atoms with Crippen LogP contribution in [0.5, 0.6) is 0 Å². The topological polar surface area (TPSA) is 46.5 Å². The van der Waals surface area contributed by atoms with Crippen LogP contribution in [0.2, 0.25) is 0 Å². The number of carbonyl (C=O) groups excluding carboxylic acids is 1. The van der Waals surface area contributed by atoms with Crippen molar-refractivity contribution in [1.82, 2.24) is 0 Å². The minimum atomic E-state index is -1.37. The molecule has 0 amide bonds. The molecule has 1 aromatic rings. The maximum atomic E-state index is 13.2. The molecule has 0 aliphatic heterocycles. The van der Waals surface area contributed by atoms with Crippen molar-refractivity contribution in [2.24, 2.45) is 52.3 Å². The van der Waals surface area contributed by atoms with Gasteiger partial charge in [0.15, 0.2) is 0 Å². The molecule has 4 aliphatic carbocycles. The van der Waals surface area contributed by atoms with Gasteiger partial charge in [0.1, 0.15) is 0 Å². The van der Waals surface area contributed by atoms with Crippen molar-refractivity contribution in [1.29, 1.82) is 0 Å². The SMILES string of the molecule is CC(C)CCC[C@@H](C)[C@H]1CC[C@H]2[C@@H]3CCC4CCCC(O)(OC(=O)c5ccccc5)[C@]4(C)[C@H]3CC[C@]12C. The summed E-state index contributed by atoms with van der Waals surface area (Å²) in [5.74, 6) is 2.96. The molecule has 9 atom stereocenters. The predicted molar refractivity (Wildman–Crippen MR) is 150 cm³/mol. The van der Waals surface area contributed by atoms with Crippen LogP contribution in [-0.4, -0.2) is 16.9 Å². The fraction of sp³-hybridized carbons (Fsp3) is 0.794. The average molecular weight is 509 g/mol. The molecule has 2 unspecified atom stereocenters. The average Bonchev–Trinajstić information content (AvgIpc) is 3.22. The lowest BCUT2D eigenvalue weighted by atomic mass is 9.43. The number of aliphatic hydroxyl groups is 1. The standard InChI is InChI=1S/C34H52O3/c1-23(2)11-9-12-24(3)28-18-19-29-27-17-16-26-15-10-21-34(36,37-31(35)25-13-7-6-8-14-25)33(26,5)30(27)20-22-32(28,29)4/h6-8,13-14,23-24,26-30,36H,9-12,15-22H2,1-5H3/t24-,26?,27+,28-,29+,30+,32-,33+,34?/m1/s1. The number of rotatable bonds is 7. The summed E-state index contributed by atoms with van der Waals surface area (Å²) in [6.07, 6.45) is 14.4. The van der Waals surface area contributed by atoms with Crippen molar-refractivity contribution < 1.29 is 14.6 Å². The van der Waals surface area contributed by atoms with Crippen LogP contribution in [0.4, 0.5) is 0 Å². The summed E-state index contributed by atoms with van der Waals surface area (Å²) >= 11 is 0. The lowest BCUT2D eigenvalue weighted by Gasteiger charge is -2.64. The van der Waals surface area contributed by atoms with E-state index in [2.05, 4.69) is 34.6 Å². The van der Waals surface area contributed by atoms with Crippen molar-refractivity contribution in [3.05, 3.63) is 35.9 Å². The maximum Gasteiger partial charge on any atom is 0.340 e. The van der Waals surface area contributed by atoms with Crippen LogP contribution in [0, 0.1) is 52.3 Å². The molecule has 4 saturated carbocycles. The maximum absolute atomic E-state index is 13.2. The van der Waals surface area contributed by atoms with Crippen molar-refractivity contribution in [3.63, 3.8) is 0 Å². The molecule has 1 N–H and O–H groups in total. The predicted octanol–water partition coefficient (Wildman–Crippen LogP) is 8.65. The Kier molecular flexibility index (Phi) is 7.60. The minimum Gasteiger partial charge on any atom is -0.429 e. The van der Waals surface area contributed by atoms with Crippen LogP contribution in [0.15, 0.2) is 30.3 Å². The highest BCUT2D eigenvalue weighted by Gasteiger charge is 2.67. The van der Waals surface area contributed by atoms with Crippen LogP contribution in [-0.2, 0) is 4.74 Å². The molecule has 4 fully saturated rings. The zero-order chi connectivity index (χ0) is 26.4. The Balaban J connectivity index is 1.37. The third kappa shape index (κ3) is 4.60. The molecule has 0 aromatic heterocycles. The molecule has 0 saturated heterocycles. The number of carbonyl (C=O) groups is 1. The number of hydrogen-bond acceptors (Lipinski definition) is 3. The molecule has 4 aliphatic rings. The van der Waals surface area contributed by atoms with Crippen molar-refractivity contribution >= 4 is 5.97 Å². The van der Waals surface area contributed by atoms with Crippen LogP contribution in [0.3, 0.4) is 0 Å². The van der Waals surface area contributed by atoms with Crippen molar-refractivity contribution in [2.75, 3.05) is 0 Å². The highest BCUT2D eigenvalue weighted by atomic mass is 16.7. The molecule has 0 heterocycles. The van der Waals surface area contributed by atoms with E-state index in [1.165, 1.54) is 57.8 Å². The Morgan fingerprint density at radius 2 is 1.70 bits per heavy atom. The van der Waals surface area contributed by atoms with Gasteiger partial charge in [-0.25, -0.2) is 4.79 Å². The van der Waals surface area contributed by atoms with E-state index in [9.17, 15) is 9.90 Å². The first-order valence-corrected chi connectivity index (χ1v) is 15.6. The summed E-state index contributed by atoms with van der Waals surface area (Å²) in [6.45, 7) is 12.2. The number of hydrogen-bond donors (Lipinski definition) is 1. The number of benzene rings is 1. The van der Waals surface area contributed by atoms with E-state index >= 15 is 0 Å². The fourth-order valence-electron chi connectivity index (χ4n) is 10.3. The van der Waals surface area contributed by atoms with Crippen molar-refractivity contribution in [2.45, 2.75) is 117 Å². The van der Waals surface area contributed by atoms with E-state index in [1.807, 2.05) is 18.2 Å². The van der Waals surface area contributed by atoms with Gasteiger partial charge in [0.25, 0.3) is 0 Å². The number of fused-ring (bicyclic) bond motifs is 5. The monoisotopic (exact) mass is 508 g/mol. The molecule has 0 radical (unpaired) electrons. The first-order valence-electron chi connectivity index (χ1n) is 15.6. The highest BCUT2D eigenvalue weighted by Crippen LogP contribution is 2.70. The summed E-state index contributed by atoms with van der Waals surface area (Å²) in [5, 5.41) is 12.2. The Hall–Kier alpha value is -1.35. The third-order valence-electron chi connectivity index (χ3n) is 12.3. The number of esters is 1. The smallest absolute Gasteiger partial charge is 0.340 e. The van der Waals surface area contributed by atoms with Gasteiger partial charge in [0, 0.05) is 11.8 Å². The Morgan fingerprint density at radius 3 is 2.43 bits per heavy atom. The Morgan fingerprint density at radius 1 is 0.946 bits per heavy atom. The van der Waals surface area contributed by atoms with Crippen LogP contribution >= 0.6 is 0 Å². The van der Waals surface area contributed by atoms with Gasteiger partial charge in [0.05, 0.1) is 5.56 Å². The van der Waals surface area contributed by atoms with Gasteiger partial charge in [0.2, 0.25) is 5.79 Å². The first-order chi connectivity index (χ1) is 17.6. The molecule has 3 nitrogen and oxygen atoms in total. The summed E-state index contributed by atoms with van der Waals surface area (Å²) < 4.78 is 6.16. The quantitative estimate of drug-likeness (QED) is 0.296. The van der Waals surface area contributed by atoms with E-state index in [-0.39, 0.29) is 11.4 Å². The van der Waals surface area contributed by atoms with Gasteiger partial charge in [-0.3, -0.25) is 0 Å². The van der Waals surface area contributed by atoms with Gasteiger partial charge >= 0.3 is 5.97 Å². The molecular formula is C34H52O3. The molecule has 1 aromatic carbocycles. The van der Waals surface area contributed by atoms with Gasteiger partial charge in [-0.1, -0.05) is 72.1 Å². The highest BCUT2D eigenvalue weighted by molar-refractivity contribution is 5.89. The fourth-order valence-corrected chi connectivity index (χ4v) is 10.3. The van der Waals surface area contributed by atoms with Gasteiger partial charge in [-0.05, 0) is 110 Å². The molecule has 0 bridgehead atoms. The largest absolute Gasteiger partial charge is 0.429 e. The van der Waals surface area contributed by atoms with E-state index < -0.39 is 5.79 Å². The second kappa shape index (κ2) is 10.3. The van der Waals surface area contributed by atoms with Crippen LogP contribution in [0.1, 0.15) is 122 Å². The Labute approximate surface area is 226 Å². The van der Waals surface area contributed by atoms with Crippen molar-refractivity contribution in [3.8, 4) is 0 Å². The van der Waals surface area contributed by atoms with Gasteiger partial charge in [-0.2, -0.15) is 0 Å². The Bertz CT molecular complexity index is 942. The lowest BCUT2D eigenvalue weighted by molar-refractivity contribution is -0.310. The minimum absolute atomic E-state index is 0.360. The normalized spacial score (nSPS) is 42.0. The molecule has 206 valence electrons. The molecule has 0 spiro atoms. The second-order valence-electron chi connectivity index (χ2n) is 14.4. The first kappa shape index (κ1) is 27.2. The van der Waals surface area contributed by atoms with E-state index in [4.69, 9.17) is 4.74 Å². The molecular weight excluding hydrogens is 456 g/mol. The summed E-state index contributed by atoms with van der Waals surface area (Å²) in [5.41, 5.74) is 0.603. The van der Waals surface area contributed by atoms with Gasteiger partial charge in [-0.15, -0.1) is 0 Å². The summed E-state index contributed by atoms with van der Waals surface area (Å²) in [6, 6.07) is 9.24. The number of ether oxygens (including phenoxy) is 1. The van der Waals surface area contributed by atoms with Crippen LogP contribution in [0.25, 0.3) is 0 Å². The summed E-state index contributed by atoms with van der Waals surface area (Å²) in [7, 11) is 0. The molecule has 37 heavy (non-hydrogen) atoms. The van der Waals surface area contributed by atoms with E-state index in [0.29, 0.717) is 35.2 Å². The third-order valence-corrected chi connectivity index (χ3v) is 12.3. The molecule has 3 heteroatoms. The second-order valence-corrected chi connectivity index (χ2v) is 14.4. The lowest BCUT2D eigenvalue weighted by Crippen LogP contribution is -2.64. The molecule has 5 rings (SSSR count). The zero-order valence-electron chi connectivity index (χ0n) is 24.2. The summed E-state index contributed by atoms with van der Waals surface area (Å²) in [4.78, 5) is 13.2. The van der Waals surface area contributed by atoms with Crippen LogP contribution < -0.4 is 0 Å².